The van der Waals surface area contributed by atoms with Crippen molar-refractivity contribution >= 4 is 22.7 Å². The average molecular weight is 411 g/mol. The summed E-state index contributed by atoms with van der Waals surface area (Å²) in [5.41, 5.74) is -0.652. The molecule has 0 atom stereocenters. The van der Waals surface area contributed by atoms with E-state index in [2.05, 4.69) is 4.98 Å². The second kappa shape index (κ2) is 6.51. The third kappa shape index (κ3) is 2.80. The lowest BCUT2D eigenvalue weighted by Gasteiger charge is -2.17. The van der Waals surface area contributed by atoms with E-state index in [1.54, 1.807) is 56.7 Å². The van der Waals surface area contributed by atoms with Crippen LogP contribution in [0.3, 0.4) is 0 Å². The number of Topliss-reactive ketones (excluding diaryl/α,β-unsaturated/α-hetero) is 1. The van der Waals surface area contributed by atoms with Gasteiger partial charge in [-0.3, -0.25) is 27.7 Å². The van der Waals surface area contributed by atoms with Crippen LogP contribution in [-0.4, -0.2) is 28.9 Å². The summed E-state index contributed by atoms with van der Waals surface area (Å²) in [5, 5.41) is 0. The zero-order valence-corrected chi connectivity index (χ0v) is 17.4. The van der Waals surface area contributed by atoms with E-state index in [9.17, 15) is 18.8 Å². The number of halogens is 1. The molecule has 0 radical (unpaired) electrons. The minimum Gasteiger partial charge on any atom is -0.297 e. The molecule has 0 aliphatic carbocycles. The molecule has 0 saturated heterocycles. The first-order valence-corrected chi connectivity index (χ1v) is 9.50. The maximum atomic E-state index is 14.4. The fourth-order valence-corrected chi connectivity index (χ4v) is 3.46. The van der Waals surface area contributed by atoms with E-state index in [-0.39, 0.29) is 29.2 Å². The number of rotatable bonds is 3. The van der Waals surface area contributed by atoms with Crippen molar-refractivity contribution in [3.63, 3.8) is 0 Å². The van der Waals surface area contributed by atoms with Crippen LogP contribution in [-0.2, 0) is 18.4 Å². The van der Waals surface area contributed by atoms with Gasteiger partial charge in [-0.05, 0) is 19.1 Å². The topological polar surface area (TPSA) is 83.3 Å². The number of benzene rings is 1. The quantitative estimate of drug-likeness (QED) is 0.517. The first-order chi connectivity index (χ1) is 14.0. The van der Waals surface area contributed by atoms with Crippen LogP contribution in [0, 0.1) is 18.2 Å². The summed E-state index contributed by atoms with van der Waals surface area (Å²) < 4.78 is 19.7. The lowest BCUT2D eigenvalue weighted by molar-refractivity contribution is -0.127. The number of carbonyl (C=O) groups is 1. The molecule has 3 aromatic heterocycles. The van der Waals surface area contributed by atoms with Gasteiger partial charge in [0.2, 0.25) is 5.78 Å². The van der Waals surface area contributed by atoms with Crippen LogP contribution >= 0.6 is 0 Å². The molecule has 0 aliphatic heterocycles. The van der Waals surface area contributed by atoms with Gasteiger partial charge in [-0.1, -0.05) is 32.9 Å². The number of hydrogen-bond donors (Lipinski definition) is 0. The summed E-state index contributed by atoms with van der Waals surface area (Å²) >= 11 is 0. The largest absolute Gasteiger partial charge is 0.332 e. The molecule has 1 aromatic carbocycles. The highest BCUT2D eigenvalue weighted by Crippen LogP contribution is 2.23. The standard InChI is InChI=1S/C21H22FN5O3/c1-12-10-25-16-17(23-19(25)27(12)14-9-7-6-8-13(14)22)24(5)20(30)26(18(16)29)11-15(28)21(2,3)4/h6-10H,11H2,1-5H3. The Bertz CT molecular complexity index is 1450. The Hall–Kier alpha value is -3.49. The Morgan fingerprint density at radius 2 is 1.83 bits per heavy atom. The number of aromatic nitrogens is 5. The number of hydrogen-bond acceptors (Lipinski definition) is 4. The van der Waals surface area contributed by atoms with Crippen molar-refractivity contribution in [1.29, 1.82) is 0 Å². The Morgan fingerprint density at radius 1 is 1.17 bits per heavy atom. The molecule has 156 valence electrons. The third-order valence-corrected chi connectivity index (χ3v) is 5.26. The van der Waals surface area contributed by atoms with E-state index < -0.39 is 22.5 Å². The third-order valence-electron chi connectivity index (χ3n) is 5.26. The van der Waals surface area contributed by atoms with Crippen LogP contribution in [0.5, 0.6) is 0 Å². The lowest BCUT2D eigenvalue weighted by Crippen LogP contribution is -2.42. The number of carbonyl (C=O) groups excluding carboxylic acids is 1. The van der Waals surface area contributed by atoms with Crippen molar-refractivity contribution < 1.29 is 9.18 Å². The van der Waals surface area contributed by atoms with E-state index in [0.29, 0.717) is 11.5 Å². The molecule has 0 aliphatic rings. The molecule has 3 heterocycles. The van der Waals surface area contributed by atoms with Crippen molar-refractivity contribution in [1.82, 2.24) is 23.1 Å². The molecule has 0 saturated carbocycles. The van der Waals surface area contributed by atoms with Gasteiger partial charge in [-0.25, -0.2) is 9.18 Å². The van der Waals surface area contributed by atoms with Crippen molar-refractivity contribution in [2.45, 2.75) is 34.2 Å². The van der Waals surface area contributed by atoms with Gasteiger partial charge in [0, 0.05) is 24.4 Å². The molecule has 4 rings (SSSR count). The average Bonchev–Trinajstić information content (AvgIpc) is 3.18. The molecular weight excluding hydrogens is 389 g/mol. The van der Waals surface area contributed by atoms with E-state index in [0.717, 1.165) is 4.57 Å². The zero-order valence-electron chi connectivity index (χ0n) is 17.4. The van der Waals surface area contributed by atoms with Gasteiger partial charge in [0.15, 0.2) is 16.9 Å². The molecule has 0 amide bonds. The van der Waals surface area contributed by atoms with Crippen LogP contribution in [0.1, 0.15) is 26.5 Å². The van der Waals surface area contributed by atoms with Crippen molar-refractivity contribution in [3.05, 3.63) is 62.8 Å². The van der Waals surface area contributed by atoms with Gasteiger partial charge in [0.25, 0.3) is 5.56 Å². The predicted molar refractivity (Wildman–Crippen MR) is 111 cm³/mol. The van der Waals surface area contributed by atoms with Crippen molar-refractivity contribution in [2.75, 3.05) is 0 Å². The number of aryl methyl sites for hydroxylation is 2. The van der Waals surface area contributed by atoms with Crippen LogP contribution in [0.4, 0.5) is 4.39 Å². The molecule has 0 unspecified atom stereocenters. The van der Waals surface area contributed by atoms with E-state index >= 15 is 0 Å². The summed E-state index contributed by atoms with van der Waals surface area (Å²) in [4.78, 5) is 43.0. The maximum absolute atomic E-state index is 14.4. The molecule has 0 N–H and O–H groups in total. The minimum atomic E-state index is -0.698. The van der Waals surface area contributed by atoms with Gasteiger partial charge in [-0.2, -0.15) is 4.98 Å². The summed E-state index contributed by atoms with van der Waals surface area (Å²) in [7, 11) is 1.49. The summed E-state index contributed by atoms with van der Waals surface area (Å²) in [6, 6.07) is 6.25. The first-order valence-electron chi connectivity index (χ1n) is 9.50. The van der Waals surface area contributed by atoms with Crippen LogP contribution in [0.25, 0.3) is 22.6 Å². The number of nitrogens with zero attached hydrogens (tertiary/aromatic N) is 5. The van der Waals surface area contributed by atoms with Crippen LogP contribution in [0.15, 0.2) is 40.1 Å². The lowest BCUT2D eigenvalue weighted by atomic mass is 9.91. The van der Waals surface area contributed by atoms with Crippen LogP contribution in [0.2, 0.25) is 0 Å². The summed E-state index contributed by atoms with van der Waals surface area (Å²) in [5.74, 6) is -0.366. The van der Waals surface area contributed by atoms with Crippen molar-refractivity contribution in [2.24, 2.45) is 12.5 Å². The number of fused-ring (bicyclic) bond motifs is 3. The predicted octanol–water partition coefficient (Wildman–Crippen LogP) is 2.20. The van der Waals surface area contributed by atoms with Gasteiger partial charge < -0.3 is 0 Å². The Labute approximate surface area is 170 Å². The molecule has 0 spiro atoms. The maximum Gasteiger partial charge on any atom is 0.332 e. The second-order valence-corrected chi connectivity index (χ2v) is 8.42. The Kier molecular flexibility index (Phi) is 4.30. The van der Waals surface area contributed by atoms with E-state index in [1.807, 2.05) is 0 Å². The monoisotopic (exact) mass is 411 g/mol. The molecule has 30 heavy (non-hydrogen) atoms. The minimum absolute atomic E-state index is 0.159. The second-order valence-electron chi connectivity index (χ2n) is 8.42. The normalized spacial score (nSPS) is 12.2. The van der Waals surface area contributed by atoms with Crippen molar-refractivity contribution in [3.8, 4) is 5.69 Å². The molecular formula is C21H22FN5O3. The smallest absolute Gasteiger partial charge is 0.297 e. The van der Waals surface area contributed by atoms with Gasteiger partial charge in [-0.15, -0.1) is 0 Å². The van der Waals surface area contributed by atoms with E-state index in [1.165, 1.54) is 22.1 Å². The summed E-state index contributed by atoms with van der Waals surface area (Å²) in [6.45, 7) is 6.65. The molecule has 9 heteroatoms. The highest BCUT2D eigenvalue weighted by Gasteiger charge is 2.26. The molecule has 8 nitrogen and oxygen atoms in total. The molecule has 0 bridgehead atoms. The number of para-hydroxylation sites is 1. The fraction of sp³-hybridized carbons (Fsp3) is 0.333. The number of imidazole rings is 2. The fourth-order valence-electron chi connectivity index (χ4n) is 3.46. The Morgan fingerprint density at radius 3 is 2.47 bits per heavy atom. The highest BCUT2D eigenvalue weighted by molar-refractivity contribution is 5.84. The zero-order chi connectivity index (χ0) is 22.0. The SMILES string of the molecule is Cc1cn2c3c(=O)n(CC(=O)C(C)(C)C)c(=O)n(C)c3nc2n1-c1ccccc1F. The van der Waals surface area contributed by atoms with Gasteiger partial charge in [0.1, 0.15) is 5.82 Å². The highest BCUT2D eigenvalue weighted by atomic mass is 19.1. The Balaban J connectivity index is 2.06. The molecule has 0 fully saturated rings. The van der Waals surface area contributed by atoms with Crippen LogP contribution < -0.4 is 11.2 Å². The van der Waals surface area contributed by atoms with Gasteiger partial charge >= 0.3 is 5.69 Å². The first kappa shape index (κ1) is 19.8. The van der Waals surface area contributed by atoms with E-state index in [4.69, 9.17) is 0 Å². The summed E-state index contributed by atoms with van der Waals surface area (Å²) in [6.07, 6.45) is 1.67. The molecule has 4 aromatic rings. The number of ketones is 1. The van der Waals surface area contributed by atoms with Gasteiger partial charge in [0.05, 0.1) is 12.2 Å².